The van der Waals surface area contributed by atoms with E-state index in [1.807, 2.05) is 19.3 Å². The normalized spacial score (nSPS) is 16.2. The number of H-pyrrole nitrogens is 1. The Kier molecular flexibility index (Phi) is 6.20. The summed E-state index contributed by atoms with van der Waals surface area (Å²) in [6, 6.07) is 6.11. The summed E-state index contributed by atoms with van der Waals surface area (Å²) < 4.78 is 26.0. The van der Waals surface area contributed by atoms with Crippen LogP contribution in [0.5, 0.6) is 0 Å². The second-order valence-corrected chi connectivity index (χ2v) is 11.1. The molecule has 1 aliphatic rings. The number of thiophene rings is 1. The number of carbonyl (C=O) groups is 1. The molecule has 3 aromatic rings. The second kappa shape index (κ2) is 8.74. The molecule has 7 nitrogen and oxygen atoms in total. The number of fused-ring (bicyclic) bond motifs is 1. The molecular formula is C22H28N4O3S2. The van der Waals surface area contributed by atoms with Gasteiger partial charge in [-0.1, -0.05) is 0 Å². The van der Waals surface area contributed by atoms with Gasteiger partial charge in [0, 0.05) is 36.1 Å². The van der Waals surface area contributed by atoms with Crippen molar-refractivity contribution >= 4 is 38.2 Å². The average Bonchev–Trinajstić information content (AvgIpc) is 3.40. The SMILES string of the molecule is CCS(=O)(=O)N1CCC(c2c[nH]c3c(C(N)=O)cc(-c4cc(CNC)cs4)cc23)CC1. The van der Waals surface area contributed by atoms with Gasteiger partial charge in [0.15, 0.2) is 0 Å². The summed E-state index contributed by atoms with van der Waals surface area (Å²) in [5.41, 5.74) is 10.2. The number of amides is 1. The van der Waals surface area contributed by atoms with Crippen LogP contribution in [0.1, 0.15) is 47.2 Å². The van der Waals surface area contributed by atoms with Crippen LogP contribution in [0.2, 0.25) is 0 Å². The summed E-state index contributed by atoms with van der Waals surface area (Å²) in [4.78, 5) is 16.5. The van der Waals surface area contributed by atoms with Crippen molar-refractivity contribution in [2.45, 2.75) is 32.2 Å². The average molecular weight is 461 g/mol. The molecule has 166 valence electrons. The minimum Gasteiger partial charge on any atom is -0.366 e. The minimum atomic E-state index is -3.16. The van der Waals surface area contributed by atoms with Crippen LogP contribution in [0.3, 0.4) is 0 Å². The number of nitrogens with one attached hydrogen (secondary N) is 2. The number of aromatic amines is 1. The topological polar surface area (TPSA) is 108 Å². The molecule has 1 amide bonds. The van der Waals surface area contributed by atoms with Gasteiger partial charge in [0.25, 0.3) is 5.91 Å². The molecule has 0 aliphatic carbocycles. The molecule has 0 bridgehead atoms. The summed E-state index contributed by atoms with van der Waals surface area (Å²) in [7, 11) is -1.24. The largest absolute Gasteiger partial charge is 0.366 e. The molecule has 0 radical (unpaired) electrons. The van der Waals surface area contributed by atoms with E-state index in [2.05, 4.69) is 27.8 Å². The van der Waals surface area contributed by atoms with Crippen molar-refractivity contribution in [3.63, 3.8) is 0 Å². The fraction of sp³-hybridized carbons (Fsp3) is 0.409. The Hall–Kier alpha value is -2.20. The molecule has 1 fully saturated rings. The van der Waals surface area contributed by atoms with Gasteiger partial charge in [-0.25, -0.2) is 12.7 Å². The third-order valence-corrected chi connectivity index (χ3v) is 8.97. The van der Waals surface area contributed by atoms with Crippen LogP contribution in [-0.4, -0.2) is 49.5 Å². The van der Waals surface area contributed by atoms with Crippen molar-refractivity contribution in [2.24, 2.45) is 5.73 Å². The maximum absolute atomic E-state index is 12.2. The number of benzene rings is 1. The Bertz CT molecular complexity index is 1200. The molecule has 1 saturated heterocycles. The fourth-order valence-electron chi connectivity index (χ4n) is 4.38. The molecule has 0 unspecified atom stereocenters. The molecule has 2 aromatic heterocycles. The highest BCUT2D eigenvalue weighted by Crippen LogP contribution is 2.38. The van der Waals surface area contributed by atoms with E-state index in [9.17, 15) is 13.2 Å². The number of primary amides is 1. The second-order valence-electron chi connectivity index (χ2n) is 7.98. The number of hydrogen-bond acceptors (Lipinski definition) is 5. The van der Waals surface area contributed by atoms with E-state index in [0.29, 0.717) is 18.7 Å². The van der Waals surface area contributed by atoms with Crippen molar-refractivity contribution in [3.05, 3.63) is 46.5 Å². The number of nitrogens with zero attached hydrogens (tertiary/aromatic N) is 1. The molecule has 4 N–H and O–H groups in total. The van der Waals surface area contributed by atoms with Crippen molar-refractivity contribution < 1.29 is 13.2 Å². The summed E-state index contributed by atoms with van der Waals surface area (Å²) in [5.74, 6) is -0.0979. The number of carbonyl (C=O) groups excluding carboxylic acids is 1. The van der Waals surface area contributed by atoms with E-state index in [-0.39, 0.29) is 11.7 Å². The molecule has 9 heteroatoms. The molecule has 0 spiro atoms. The number of sulfonamides is 1. The zero-order valence-corrected chi connectivity index (χ0v) is 19.4. The van der Waals surface area contributed by atoms with Crippen LogP contribution in [0.15, 0.2) is 29.8 Å². The lowest BCUT2D eigenvalue weighted by atomic mass is 9.89. The Morgan fingerprint density at radius 1 is 1.29 bits per heavy atom. The molecule has 3 heterocycles. The van der Waals surface area contributed by atoms with Crippen LogP contribution in [0.4, 0.5) is 0 Å². The van der Waals surface area contributed by atoms with Gasteiger partial charge < -0.3 is 16.0 Å². The monoisotopic (exact) mass is 460 g/mol. The molecule has 31 heavy (non-hydrogen) atoms. The summed E-state index contributed by atoms with van der Waals surface area (Å²) in [5, 5.41) is 6.26. The minimum absolute atomic E-state index is 0.131. The van der Waals surface area contributed by atoms with Crippen LogP contribution in [-0.2, 0) is 16.6 Å². The van der Waals surface area contributed by atoms with Gasteiger partial charge >= 0.3 is 0 Å². The summed E-state index contributed by atoms with van der Waals surface area (Å²) in [6.07, 6.45) is 3.47. The van der Waals surface area contributed by atoms with Crippen LogP contribution >= 0.6 is 11.3 Å². The number of aromatic nitrogens is 1. The van der Waals surface area contributed by atoms with Gasteiger partial charge in [-0.3, -0.25) is 4.79 Å². The molecule has 0 atom stereocenters. The molecule has 0 saturated carbocycles. The van der Waals surface area contributed by atoms with Gasteiger partial charge in [-0.05, 0) is 73.0 Å². The van der Waals surface area contributed by atoms with E-state index in [1.165, 1.54) is 5.56 Å². The number of nitrogens with two attached hydrogens (primary N) is 1. The van der Waals surface area contributed by atoms with E-state index < -0.39 is 15.9 Å². The Balaban J connectivity index is 1.71. The van der Waals surface area contributed by atoms with E-state index in [4.69, 9.17) is 5.73 Å². The van der Waals surface area contributed by atoms with Crippen molar-refractivity contribution in [1.29, 1.82) is 0 Å². The number of hydrogen-bond donors (Lipinski definition) is 3. The standard InChI is InChI=1S/C22H28N4O3S2/c1-3-31(28,29)26-6-4-15(5-7-26)19-12-25-21-17(19)9-16(10-18(21)22(23)27)20-8-14(11-24-2)13-30-20/h8-10,12-13,15,24-25H,3-7,11H2,1-2H3,(H2,23,27). The van der Waals surface area contributed by atoms with E-state index in [0.717, 1.165) is 46.3 Å². The number of piperidine rings is 1. The third-order valence-electron chi connectivity index (χ3n) is 6.06. The highest BCUT2D eigenvalue weighted by atomic mass is 32.2. The molecule has 1 aliphatic heterocycles. The Labute approximate surface area is 186 Å². The quantitative estimate of drug-likeness (QED) is 0.503. The Morgan fingerprint density at radius 2 is 2.03 bits per heavy atom. The lowest BCUT2D eigenvalue weighted by Gasteiger charge is -2.31. The highest BCUT2D eigenvalue weighted by Gasteiger charge is 2.29. The maximum atomic E-state index is 12.2. The third kappa shape index (κ3) is 4.27. The van der Waals surface area contributed by atoms with Crippen LogP contribution in [0, 0.1) is 0 Å². The first-order valence-corrected chi connectivity index (χ1v) is 13.0. The van der Waals surface area contributed by atoms with Gasteiger partial charge in [0.2, 0.25) is 10.0 Å². The first-order chi connectivity index (χ1) is 14.8. The van der Waals surface area contributed by atoms with Gasteiger partial charge in [-0.2, -0.15) is 0 Å². The maximum Gasteiger partial charge on any atom is 0.250 e. The Morgan fingerprint density at radius 3 is 2.68 bits per heavy atom. The first kappa shape index (κ1) is 22.0. The van der Waals surface area contributed by atoms with Gasteiger partial charge in [0.1, 0.15) is 0 Å². The van der Waals surface area contributed by atoms with Crippen molar-refractivity contribution in [3.8, 4) is 10.4 Å². The van der Waals surface area contributed by atoms with Gasteiger partial charge in [0.05, 0.1) is 16.8 Å². The zero-order valence-electron chi connectivity index (χ0n) is 17.8. The molecule has 4 rings (SSSR count). The molecular weight excluding hydrogens is 432 g/mol. The lowest BCUT2D eigenvalue weighted by molar-refractivity contribution is 0.100. The van der Waals surface area contributed by atoms with Crippen molar-refractivity contribution in [2.75, 3.05) is 25.9 Å². The summed E-state index contributed by atoms with van der Waals surface area (Å²) in [6.45, 7) is 3.51. The van der Waals surface area contributed by atoms with E-state index in [1.54, 1.807) is 22.6 Å². The predicted octanol–water partition coefficient (Wildman–Crippen LogP) is 3.24. The predicted molar refractivity (Wildman–Crippen MR) is 126 cm³/mol. The highest BCUT2D eigenvalue weighted by molar-refractivity contribution is 7.89. The van der Waals surface area contributed by atoms with Gasteiger partial charge in [-0.15, -0.1) is 11.3 Å². The smallest absolute Gasteiger partial charge is 0.250 e. The lowest BCUT2D eigenvalue weighted by Crippen LogP contribution is -2.38. The zero-order chi connectivity index (χ0) is 22.2. The fourth-order valence-corrected chi connectivity index (χ4v) is 6.41. The summed E-state index contributed by atoms with van der Waals surface area (Å²) >= 11 is 1.65. The van der Waals surface area contributed by atoms with Crippen LogP contribution in [0.25, 0.3) is 21.3 Å². The van der Waals surface area contributed by atoms with E-state index >= 15 is 0 Å². The molecule has 1 aromatic carbocycles. The van der Waals surface area contributed by atoms with Crippen LogP contribution < -0.4 is 11.1 Å². The van der Waals surface area contributed by atoms with Crippen molar-refractivity contribution in [1.82, 2.24) is 14.6 Å². The first-order valence-electron chi connectivity index (χ1n) is 10.5. The number of rotatable bonds is 7.